The molecule has 1 heterocycles. The molecule has 0 atom stereocenters. The minimum absolute atomic E-state index is 0.0552. The summed E-state index contributed by atoms with van der Waals surface area (Å²) in [7, 11) is 0. The zero-order valence-corrected chi connectivity index (χ0v) is 16.5. The van der Waals surface area contributed by atoms with E-state index in [4.69, 9.17) is 0 Å². The molecule has 3 rings (SSSR count). The van der Waals surface area contributed by atoms with Gasteiger partial charge in [-0.15, -0.1) is 0 Å². The van der Waals surface area contributed by atoms with Gasteiger partial charge in [0.2, 0.25) is 5.91 Å². The first-order chi connectivity index (χ1) is 13.2. The van der Waals surface area contributed by atoms with Crippen LogP contribution in [-0.2, 0) is 4.79 Å². The summed E-state index contributed by atoms with van der Waals surface area (Å²) in [5.74, 6) is 0.410. The van der Waals surface area contributed by atoms with Crippen LogP contribution in [0.25, 0.3) is 10.8 Å². The monoisotopic (exact) mass is 366 g/mol. The highest BCUT2D eigenvalue weighted by atomic mass is 16.2. The third-order valence-corrected chi connectivity index (χ3v) is 5.45. The first-order valence-corrected chi connectivity index (χ1v) is 10.2. The number of carbonyl (C=O) groups is 2. The van der Waals surface area contributed by atoms with Crippen molar-refractivity contribution >= 4 is 22.6 Å². The zero-order valence-electron chi connectivity index (χ0n) is 16.5. The van der Waals surface area contributed by atoms with E-state index in [0.717, 1.165) is 55.1 Å². The molecule has 0 N–H and O–H groups in total. The molecule has 0 bridgehead atoms. The van der Waals surface area contributed by atoms with Gasteiger partial charge in [0.1, 0.15) is 0 Å². The molecule has 4 heteroatoms. The lowest BCUT2D eigenvalue weighted by molar-refractivity contribution is -0.137. The van der Waals surface area contributed by atoms with Crippen LogP contribution < -0.4 is 0 Å². The molecule has 0 aromatic heterocycles. The average molecular weight is 367 g/mol. The van der Waals surface area contributed by atoms with Crippen molar-refractivity contribution in [3.63, 3.8) is 0 Å². The van der Waals surface area contributed by atoms with Crippen molar-refractivity contribution in [2.45, 2.75) is 39.5 Å². The molecule has 27 heavy (non-hydrogen) atoms. The Hall–Kier alpha value is -2.36. The summed E-state index contributed by atoms with van der Waals surface area (Å²) >= 11 is 0. The fraction of sp³-hybridized carbons (Fsp3) is 0.478. The molecule has 2 aromatic carbocycles. The Balaban J connectivity index is 1.66. The van der Waals surface area contributed by atoms with Crippen LogP contribution in [0.4, 0.5) is 0 Å². The van der Waals surface area contributed by atoms with E-state index in [-0.39, 0.29) is 17.7 Å². The van der Waals surface area contributed by atoms with Crippen molar-refractivity contribution in [3.8, 4) is 0 Å². The average Bonchev–Trinajstić information content (AvgIpc) is 2.72. The Bertz CT molecular complexity index is 783. The van der Waals surface area contributed by atoms with Crippen LogP contribution in [0.15, 0.2) is 42.5 Å². The van der Waals surface area contributed by atoms with Gasteiger partial charge in [0, 0.05) is 37.7 Å². The molecular weight excluding hydrogens is 336 g/mol. The molecule has 0 spiro atoms. The van der Waals surface area contributed by atoms with Crippen molar-refractivity contribution in [2.24, 2.45) is 5.92 Å². The van der Waals surface area contributed by atoms with Gasteiger partial charge in [-0.2, -0.15) is 0 Å². The number of benzene rings is 2. The molecule has 1 aliphatic heterocycles. The van der Waals surface area contributed by atoms with E-state index in [0.29, 0.717) is 13.1 Å². The van der Waals surface area contributed by atoms with Gasteiger partial charge in [0.05, 0.1) is 0 Å². The summed E-state index contributed by atoms with van der Waals surface area (Å²) in [4.78, 5) is 29.8. The van der Waals surface area contributed by atoms with Crippen LogP contribution in [-0.4, -0.2) is 47.8 Å². The number of carbonyl (C=O) groups excluding carboxylic acids is 2. The fourth-order valence-electron chi connectivity index (χ4n) is 4.04. The Morgan fingerprint density at radius 2 is 1.59 bits per heavy atom. The summed E-state index contributed by atoms with van der Waals surface area (Å²) in [6.07, 6.45) is 3.51. The summed E-state index contributed by atoms with van der Waals surface area (Å²) in [6.45, 7) is 7.21. The zero-order chi connectivity index (χ0) is 19.2. The van der Waals surface area contributed by atoms with Crippen LogP contribution in [0.2, 0.25) is 0 Å². The van der Waals surface area contributed by atoms with Crippen LogP contribution in [0, 0.1) is 5.92 Å². The summed E-state index contributed by atoms with van der Waals surface area (Å²) in [6, 6.07) is 13.9. The molecule has 2 aromatic rings. The predicted octanol–water partition coefficient (Wildman–Crippen LogP) is 4.34. The van der Waals surface area contributed by atoms with Crippen LogP contribution in [0.3, 0.4) is 0 Å². The van der Waals surface area contributed by atoms with E-state index < -0.39 is 0 Å². The normalized spacial score (nSPS) is 15.1. The van der Waals surface area contributed by atoms with Gasteiger partial charge < -0.3 is 9.80 Å². The second-order valence-electron chi connectivity index (χ2n) is 7.42. The number of likely N-dealkylation sites (tertiary alicyclic amines) is 1. The third-order valence-electron chi connectivity index (χ3n) is 5.45. The number of nitrogens with zero attached hydrogens (tertiary/aromatic N) is 2. The van der Waals surface area contributed by atoms with E-state index in [2.05, 4.69) is 13.8 Å². The van der Waals surface area contributed by atoms with Crippen molar-refractivity contribution in [2.75, 3.05) is 26.2 Å². The lowest BCUT2D eigenvalue weighted by Crippen LogP contribution is -2.44. The van der Waals surface area contributed by atoms with E-state index in [1.165, 1.54) is 0 Å². The van der Waals surface area contributed by atoms with Crippen molar-refractivity contribution in [3.05, 3.63) is 48.0 Å². The predicted molar refractivity (Wildman–Crippen MR) is 110 cm³/mol. The number of fused-ring (bicyclic) bond motifs is 1. The molecule has 1 fully saturated rings. The SMILES string of the molecule is CCCN(CCC)C(=O)C1CCN(C(=O)c2cccc3ccccc23)CC1. The highest BCUT2D eigenvalue weighted by Gasteiger charge is 2.30. The van der Waals surface area contributed by atoms with Gasteiger partial charge in [-0.1, -0.05) is 50.2 Å². The van der Waals surface area contributed by atoms with E-state index >= 15 is 0 Å². The molecule has 1 aliphatic rings. The Labute approximate surface area is 162 Å². The van der Waals surface area contributed by atoms with Crippen molar-refractivity contribution < 1.29 is 9.59 Å². The lowest BCUT2D eigenvalue weighted by Gasteiger charge is -2.34. The van der Waals surface area contributed by atoms with E-state index in [9.17, 15) is 9.59 Å². The number of piperidine rings is 1. The number of hydrogen-bond acceptors (Lipinski definition) is 2. The smallest absolute Gasteiger partial charge is 0.254 e. The van der Waals surface area contributed by atoms with Gasteiger partial charge in [0.15, 0.2) is 0 Å². The van der Waals surface area contributed by atoms with Crippen LogP contribution in [0.5, 0.6) is 0 Å². The Morgan fingerprint density at radius 3 is 2.26 bits per heavy atom. The molecule has 4 nitrogen and oxygen atoms in total. The molecule has 0 saturated carbocycles. The quantitative estimate of drug-likeness (QED) is 0.763. The maximum Gasteiger partial charge on any atom is 0.254 e. The second-order valence-corrected chi connectivity index (χ2v) is 7.42. The maximum atomic E-state index is 13.1. The number of rotatable bonds is 6. The molecule has 0 unspecified atom stereocenters. The largest absolute Gasteiger partial charge is 0.342 e. The summed E-state index contributed by atoms with van der Waals surface area (Å²) in [5, 5.41) is 2.09. The summed E-state index contributed by atoms with van der Waals surface area (Å²) in [5.41, 5.74) is 0.761. The van der Waals surface area contributed by atoms with Crippen LogP contribution >= 0.6 is 0 Å². The Morgan fingerprint density at radius 1 is 0.963 bits per heavy atom. The summed E-state index contributed by atoms with van der Waals surface area (Å²) < 4.78 is 0. The van der Waals surface area contributed by atoms with Crippen LogP contribution in [0.1, 0.15) is 49.9 Å². The molecule has 0 radical (unpaired) electrons. The first-order valence-electron chi connectivity index (χ1n) is 10.2. The van der Waals surface area contributed by atoms with E-state index in [1.54, 1.807) is 0 Å². The van der Waals surface area contributed by atoms with Crippen molar-refractivity contribution in [1.29, 1.82) is 0 Å². The molecule has 0 aliphatic carbocycles. The van der Waals surface area contributed by atoms with Gasteiger partial charge >= 0.3 is 0 Å². The van der Waals surface area contributed by atoms with Gasteiger partial charge in [-0.05, 0) is 42.5 Å². The first kappa shape index (κ1) is 19.4. The standard InChI is InChI=1S/C23H30N2O2/c1-3-14-24(15-4-2)22(26)19-12-16-25(17-13-19)23(27)21-11-7-9-18-8-5-6-10-20(18)21/h5-11,19H,3-4,12-17H2,1-2H3. The minimum Gasteiger partial charge on any atom is -0.342 e. The molecule has 144 valence electrons. The molecule has 1 saturated heterocycles. The minimum atomic E-state index is 0.0552. The number of hydrogen-bond donors (Lipinski definition) is 0. The maximum absolute atomic E-state index is 13.1. The third kappa shape index (κ3) is 4.32. The highest BCUT2D eigenvalue weighted by molar-refractivity contribution is 6.07. The fourth-order valence-corrected chi connectivity index (χ4v) is 4.04. The highest BCUT2D eigenvalue weighted by Crippen LogP contribution is 2.24. The molecule has 2 amide bonds. The van der Waals surface area contributed by atoms with Crippen molar-refractivity contribution in [1.82, 2.24) is 9.80 Å². The molecular formula is C23H30N2O2. The Kier molecular flexibility index (Phi) is 6.49. The topological polar surface area (TPSA) is 40.6 Å². The lowest BCUT2D eigenvalue weighted by atomic mass is 9.94. The van der Waals surface area contributed by atoms with Gasteiger partial charge in [0.25, 0.3) is 5.91 Å². The van der Waals surface area contributed by atoms with Gasteiger partial charge in [-0.3, -0.25) is 9.59 Å². The number of amides is 2. The van der Waals surface area contributed by atoms with Gasteiger partial charge in [-0.25, -0.2) is 0 Å². The van der Waals surface area contributed by atoms with E-state index in [1.807, 2.05) is 52.3 Å². The second kappa shape index (κ2) is 9.03.